The van der Waals surface area contributed by atoms with E-state index in [1.165, 1.54) is 5.56 Å². The van der Waals surface area contributed by atoms with Gasteiger partial charge in [-0.3, -0.25) is 9.89 Å². The molecule has 0 saturated carbocycles. The summed E-state index contributed by atoms with van der Waals surface area (Å²) < 4.78 is 0. The molecule has 0 radical (unpaired) electrons. The van der Waals surface area contributed by atoms with E-state index in [2.05, 4.69) is 73.8 Å². The van der Waals surface area contributed by atoms with E-state index in [9.17, 15) is 0 Å². The summed E-state index contributed by atoms with van der Waals surface area (Å²) in [6.07, 6.45) is 3.05. The lowest BCUT2D eigenvalue weighted by molar-refractivity contribution is 0.258. The van der Waals surface area contributed by atoms with Crippen LogP contribution < -0.4 is 10.6 Å². The highest BCUT2D eigenvalue weighted by Crippen LogP contribution is 2.20. The van der Waals surface area contributed by atoms with E-state index in [0.29, 0.717) is 12.1 Å². The molecule has 2 unspecified atom stereocenters. The Balaban J connectivity index is 1.21. The van der Waals surface area contributed by atoms with Crippen molar-refractivity contribution in [3.63, 3.8) is 0 Å². The summed E-state index contributed by atoms with van der Waals surface area (Å²) in [5, 5.41) is 7.06. The first-order chi connectivity index (χ1) is 14.7. The lowest BCUT2D eigenvalue weighted by atomic mass is 10.2. The predicted octanol–water partition coefficient (Wildman–Crippen LogP) is 3.32. The van der Waals surface area contributed by atoms with Gasteiger partial charge in [0.15, 0.2) is 5.96 Å². The fourth-order valence-electron chi connectivity index (χ4n) is 4.22. The Morgan fingerprint density at radius 3 is 2.77 bits per heavy atom. The third kappa shape index (κ3) is 5.19. The Hall–Kier alpha value is -2.86. The molecule has 2 aromatic carbocycles. The molecular weight excluding hydrogens is 372 g/mol. The number of H-pyrrole nitrogens is 1. The minimum atomic E-state index is 0.422. The van der Waals surface area contributed by atoms with Gasteiger partial charge < -0.3 is 15.6 Å². The minimum Gasteiger partial charge on any atom is -0.356 e. The maximum atomic E-state index is 4.65. The number of nitrogens with one attached hydrogen (secondary N) is 3. The maximum Gasteiger partial charge on any atom is 0.191 e. The molecular formula is C24H32N6. The summed E-state index contributed by atoms with van der Waals surface area (Å²) in [6.45, 7) is 5.22. The van der Waals surface area contributed by atoms with Crippen LogP contribution in [0.15, 0.2) is 59.6 Å². The zero-order valence-corrected chi connectivity index (χ0v) is 17.9. The second-order valence-electron chi connectivity index (χ2n) is 8.14. The zero-order chi connectivity index (χ0) is 20.8. The van der Waals surface area contributed by atoms with E-state index in [1.54, 1.807) is 0 Å². The standard InChI is InChI=1S/C24H32N6/c1-18-15-20(17-30(18)16-19-9-4-3-5-10-19)27-24(25-2)26-14-8-13-23-28-21-11-6-7-12-22(21)29-23/h3-7,9-12,18,20H,8,13-17H2,1-2H3,(H,28,29)(H2,25,26,27). The summed E-state index contributed by atoms with van der Waals surface area (Å²) >= 11 is 0. The number of fused-ring (bicyclic) bond motifs is 1. The van der Waals surface area contributed by atoms with Gasteiger partial charge in [-0.2, -0.15) is 0 Å². The predicted molar refractivity (Wildman–Crippen MR) is 124 cm³/mol. The van der Waals surface area contributed by atoms with Crippen LogP contribution in [-0.2, 0) is 13.0 Å². The van der Waals surface area contributed by atoms with Crippen molar-refractivity contribution < 1.29 is 0 Å². The van der Waals surface area contributed by atoms with Gasteiger partial charge in [-0.25, -0.2) is 4.98 Å². The first-order valence-corrected chi connectivity index (χ1v) is 10.9. The lowest BCUT2D eigenvalue weighted by Crippen LogP contribution is -2.44. The third-order valence-corrected chi connectivity index (χ3v) is 5.82. The summed E-state index contributed by atoms with van der Waals surface area (Å²) in [6, 6.07) is 19.9. The van der Waals surface area contributed by atoms with Gasteiger partial charge in [-0.05, 0) is 37.5 Å². The molecule has 2 heterocycles. The monoisotopic (exact) mass is 404 g/mol. The number of aromatic amines is 1. The second kappa shape index (κ2) is 9.76. The summed E-state index contributed by atoms with van der Waals surface area (Å²) in [5.41, 5.74) is 3.51. The topological polar surface area (TPSA) is 68.3 Å². The zero-order valence-electron chi connectivity index (χ0n) is 17.9. The molecule has 6 heteroatoms. The van der Waals surface area contributed by atoms with Gasteiger partial charge in [0.05, 0.1) is 11.0 Å². The number of aliphatic imine (C=N–C) groups is 1. The van der Waals surface area contributed by atoms with Crippen molar-refractivity contribution in [2.45, 2.75) is 44.8 Å². The summed E-state index contributed by atoms with van der Waals surface area (Å²) in [4.78, 5) is 15.0. The van der Waals surface area contributed by atoms with Crippen molar-refractivity contribution in [3.8, 4) is 0 Å². The van der Waals surface area contributed by atoms with Crippen molar-refractivity contribution in [1.82, 2.24) is 25.5 Å². The molecule has 3 aromatic rings. The van der Waals surface area contributed by atoms with Gasteiger partial charge in [0.25, 0.3) is 0 Å². The minimum absolute atomic E-state index is 0.422. The average Bonchev–Trinajstić information content (AvgIpc) is 3.33. The summed E-state index contributed by atoms with van der Waals surface area (Å²) in [5.74, 6) is 1.93. The summed E-state index contributed by atoms with van der Waals surface area (Å²) in [7, 11) is 1.84. The van der Waals surface area contributed by atoms with E-state index in [1.807, 2.05) is 25.2 Å². The van der Waals surface area contributed by atoms with E-state index in [0.717, 1.165) is 61.7 Å². The Morgan fingerprint density at radius 1 is 1.17 bits per heavy atom. The van der Waals surface area contributed by atoms with Gasteiger partial charge in [-0.1, -0.05) is 42.5 Å². The SMILES string of the molecule is CN=C(NCCCc1nc2ccccc2[nH]1)NC1CC(C)N(Cc2ccccc2)C1. The largest absolute Gasteiger partial charge is 0.356 e. The molecule has 1 fully saturated rings. The highest BCUT2D eigenvalue weighted by atomic mass is 15.3. The Labute approximate surface area is 178 Å². The highest BCUT2D eigenvalue weighted by Gasteiger charge is 2.29. The van der Waals surface area contributed by atoms with Crippen LogP contribution in [0.25, 0.3) is 11.0 Å². The molecule has 0 amide bonds. The van der Waals surface area contributed by atoms with Crippen LogP contribution in [0.5, 0.6) is 0 Å². The number of nitrogens with zero attached hydrogens (tertiary/aromatic N) is 3. The molecule has 30 heavy (non-hydrogen) atoms. The van der Waals surface area contributed by atoms with Gasteiger partial charge in [0, 0.05) is 45.2 Å². The first-order valence-electron chi connectivity index (χ1n) is 10.9. The molecule has 0 aliphatic carbocycles. The lowest BCUT2D eigenvalue weighted by Gasteiger charge is -2.21. The van der Waals surface area contributed by atoms with Crippen molar-refractivity contribution in [2.24, 2.45) is 4.99 Å². The average molecular weight is 405 g/mol. The number of aryl methyl sites for hydroxylation is 1. The van der Waals surface area contributed by atoms with Gasteiger partial charge in [-0.15, -0.1) is 0 Å². The van der Waals surface area contributed by atoms with E-state index in [4.69, 9.17) is 0 Å². The smallest absolute Gasteiger partial charge is 0.191 e. The van der Waals surface area contributed by atoms with Crippen LogP contribution in [0.3, 0.4) is 0 Å². The molecule has 158 valence electrons. The number of imidazole rings is 1. The number of hydrogen-bond donors (Lipinski definition) is 3. The molecule has 0 bridgehead atoms. The Morgan fingerprint density at radius 2 is 1.97 bits per heavy atom. The molecule has 1 aliphatic heterocycles. The van der Waals surface area contributed by atoms with Crippen LogP contribution in [0, 0.1) is 0 Å². The molecule has 6 nitrogen and oxygen atoms in total. The molecule has 4 rings (SSSR count). The highest BCUT2D eigenvalue weighted by molar-refractivity contribution is 5.80. The number of guanidine groups is 1. The number of para-hydroxylation sites is 2. The Kier molecular flexibility index (Phi) is 6.64. The fourth-order valence-corrected chi connectivity index (χ4v) is 4.22. The van der Waals surface area contributed by atoms with Crippen LogP contribution in [-0.4, -0.2) is 53.0 Å². The quantitative estimate of drug-likeness (QED) is 0.321. The number of likely N-dealkylation sites (tertiary alicyclic amines) is 1. The molecule has 2 atom stereocenters. The molecule has 1 aliphatic rings. The number of aromatic nitrogens is 2. The Bertz CT molecular complexity index is 931. The van der Waals surface area contributed by atoms with Crippen LogP contribution in [0.1, 0.15) is 31.2 Å². The first kappa shape index (κ1) is 20.4. The van der Waals surface area contributed by atoms with Crippen LogP contribution >= 0.6 is 0 Å². The van der Waals surface area contributed by atoms with Crippen LogP contribution in [0.4, 0.5) is 0 Å². The normalized spacial score (nSPS) is 20.0. The van der Waals surface area contributed by atoms with E-state index in [-0.39, 0.29) is 0 Å². The van der Waals surface area contributed by atoms with Crippen molar-refractivity contribution >= 4 is 17.0 Å². The van der Waals surface area contributed by atoms with E-state index >= 15 is 0 Å². The van der Waals surface area contributed by atoms with Gasteiger partial charge in [0.1, 0.15) is 5.82 Å². The molecule has 0 spiro atoms. The van der Waals surface area contributed by atoms with Crippen molar-refractivity contribution in [2.75, 3.05) is 20.1 Å². The van der Waals surface area contributed by atoms with E-state index < -0.39 is 0 Å². The number of benzene rings is 2. The number of rotatable bonds is 7. The fraction of sp³-hybridized carbons (Fsp3) is 0.417. The van der Waals surface area contributed by atoms with Crippen molar-refractivity contribution in [3.05, 3.63) is 66.0 Å². The van der Waals surface area contributed by atoms with Crippen molar-refractivity contribution in [1.29, 1.82) is 0 Å². The second-order valence-corrected chi connectivity index (χ2v) is 8.14. The number of hydrogen-bond acceptors (Lipinski definition) is 3. The van der Waals surface area contributed by atoms with Gasteiger partial charge >= 0.3 is 0 Å². The third-order valence-electron chi connectivity index (χ3n) is 5.82. The maximum absolute atomic E-state index is 4.65. The molecule has 3 N–H and O–H groups in total. The van der Waals surface area contributed by atoms with Crippen LogP contribution in [0.2, 0.25) is 0 Å². The van der Waals surface area contributed by atoms with Gasteiger partial charge in [0.2, 0.25) is 0 Å². The molecule has 1 saturated heterocycles. The molecule has 1 aromatic heterocycles.